The van der Waals surface area contributed by atoms with Gasteiger partial charge >= 0.3 is 0 Å². The highest BCUT2D eigenvalue weighted by Crippen LogP contribution is 2.33. The van der Waals surface area contributed by atoms with Crippen LogP contribution in [-0.2, 0) is 6.54 Å². The van der Waals surface area contributed by atoms with Crippen LogP contribution in [-0.4, -0.2) is 27.1 Å². The third kappa shape index (κ3) is 2.75. The van der Waals surface area contributed by atoms with Crippen LogP contribution in [0.4, 0.5) is 0 Å². The van der Waals surface area contributed by atoms with Crippen molar-refractivity contribution >= 4 is 11.8 Å². The predicted octanol–water partition coefficient (Wildman–Crippen LogP) is 3.23. The Balaban J connectivity index is 2.15. The summed E-state index contributed by atoms with van der Waals surface area (Å²) in [7, 11) is 0. The minimum Gasteiger partial charge on any atom is -0.332 e. The standard InChI is InChI=1S/C14H25N3S/c1-4-14(5-2,18-3)10-17-11-15-9-13(17)12-7-6-8-16-12/h9,11-12,16H,4-8,10H2,1-3H3. The van der Waals surface area contributed by atoms with Crippen molar-refractivity contribution in [3.05, 3.63) is 18.2 Å². The van der Waals surface area contributed by atoms with E-state index >= 15 is 0 Å². The van der Waals surface area contributed by atoms with E-state index in [1.807, 2.05) is 24.3 Å². The van der Waals surface area contributed by atoms with Crippen molar-refractivity contribution in [2.24, 2.45) is 0 Å². The second kappa shape index (κ2) is 6.11. The van der Waals surface area contributed by atoms with E-state index in [-0.39, 0.29) is 0 Å². The Morgan fingerprint density at radius 2 is 2.28 bits per heavy atom. The molecule has 2 rings (SSSR count). The number of hydrogen-bond acceptors (Lipinski definition) is 3. The van der Waals surface area contributed by atoms with Crippen molar-refractivity contribution in [2.75, 3.05) is 12.8 Å². The van der Waals surface area contributed by atoms with Gasteiger partial charge in [0, 0.05) is 23.5 Å². The van der Waals surface area contributed by atoms with E-state index in [1.165, 1.54) is 31.4 Å². The topological polar surface area (TPSA) is 29.9 Å². The first-order valence-corrected chi connectivity index (χ1v) is 8.25. The number of imidazole rings is 1. The third-order valence-electron chi connectivity index (χ3n) is 4.34. The number of aromatic nitrogens is 2. The van der Waals surface area contributed by atoms with Crippen molar-refractivity contribution in [2.45, 2.75) is 56.9 Å². The fourth-order valence-electron chi connectivity index (χ4n) is 2.83. The zero-order chi connectivity index (χ0) is 13.0. The van der Waals surface area contributed by atoms with Crippen molar-refractivity contribution in [3.63, 3.8) is 0 Å². The van der Waals surface area contributed by atoms with Gasteiger partial charge in [0.05, 0.1) is 12.0 Å². The number of rotatable bonds is 6. The van der Waals surface area contributed by atoms with Crippen LogP contribution >= 0.6 is 11.8 Å². The number of hydrogen-bond donors (Lipinski definition) is 1. The molecule has 0 amide bonds. The molecule has 0 spiro atoms. The molecule has 1 aromatic rings. The fourth-order valence-corrected chi connectivity index (χ4v) is 3.67. The van der Waals surface area contributed by atoms with Gasteiger partial charge in [-0.1, -0.05) is 13.8 Å². The monoisotopic (exact) mass is 267 g/mol. The first-order chi connectivity index (χ1) is 8.74. The van der Waals surface area contributed by atoms with Crippen molar-refractivity contribution in [1.29, 1.82) is 0 Å². The summed E-state index contributed by atoms with van der Waals surface area (Å²) in [5.74, 6) is 0. The second-order valence-electron chi connectivity index (χ2n) is 5.19. The Hall–Kier alpha value is -0.480. The van der Waals surface area contributed by atoms with Gasteiger partial charge in [-0.2, -0.15) is 11.8 Å². The lowest BCUT2D eigenvalue weighted by Crippen LogP contribution is -2.30. The van der Waals surface area contributed by atoms with E-state index in [0.29, 0.717) is 10.8 Å². The lowest BCUT2D eigenvalue weighted by atomic mass is 10.0. The van der Waals surface area contributed by atoms with Crippen LogP contribution in [0.25, 0.3) is 0 Å². The molecule has 1 saturated heterocycles. The SMILES string of the molecule is CCC(CC)(Cn1cncc1C1CCCN1)SC. The molecule has 18 heavy (non-hydrogen) atoms. The van der Waals surface area contributed by atoms with Crippen LogP contribution < -0.4 is 5.32 Å². The summed E-state index contributed by atoms with van der Waals surface area (Å²) in [6.45, 7) is 6.81. The molecule has 1 unspecified atom stereocenters. The molecule has 0 aliphatic carbocycles. The molecule has 0 saturated carbocycles. The lowest BCUT2D eigenvalue weighted by Gasteiger charge is -2.31. The molecule has 1 aliphatic heterocycles. The van der Waals surface area contributed by atoms with Crippen LogP contribution in [0.1, 0.15) is 51.3 Å². The normalized spacial score (nSPS) is 20.5. The summed E-state index contributed by atoms with van der Waals surface area (Å²) in [6.07, 6.45) is 11.2. The van der Waals surface area contributed by atoms with Crippen LogP contribution in [0.15, 0.2) is 12.5 Å². The van der Waals surface area contributed by atoms with Gasteiger partial charge in [0.15, 0.2) is 0 Å². The number of nitrogens with one attached hydrogen (secondary N) is 1. The minimum absolute atomic E-state index is 0.355. The smallest absolute Gasteiger partial charge is 0.0949 e. The summed E-state index contributed by atoms with van der Waals surface area (Å²) in [5.41, 5.74) is 1.37. The summed E-state index contributed by atoms with van der Waals surface area (Å²) in [6, 6.07) is 0.515. The van der Waals surface area contributed by atoms with Crippen LogP contribution in [0.5, 0.6) is 0 Å². The Morgan fingerprint density at radius 1 is 1.50 bits per heavy atom. The zero-order valence-electron chi connectivity index (χ0n) is 11.8. The van der Waals surface area contributed by atoms with E-state index in [1.54, 1.807) is 0 Å². The van der Waals surface area contributed by atoms with Gasteiger partial charge in [0.2, 0.25) is 0 Å². The number of nitrogens with zero attached hydrogens (tertiary/aromatic N) is 2. The van der Waals surface area contributed by atoms with Crippen molar-refractivity contribution in [3.8, 4) is 0 Å². The van der Waals surface area contributed by atoms with Crippen LogP contribution in [0, 0.1) is 0 Å². The Bertz CT molecular complexity index is 357. The van der Waals surface area contributed by atoms with Gasteiger partial charge in [0.1, 0.15) is 0 Å². The molecule has 1 aromatic heterocycles. The second-order valence-corrected chi connectivity index (χ2v) is 6.46. The summed E-state index contributed by atoms with van der Waals surface area (Å²) in [4.78, 5) is 4.37. The molecular formula is C14H25N3S. The Morgan fingerprint density at radius 3 is 2.83 bits per heavy atom. The van der Waals surface area contributed by atoms with Gasteiger partial charge in [-0.05, 0) is 38.5 Å². The molecule has 1 fully saturated rings. The molecule has 4 heteroatoms. The molecule has 1 N–H and O–H groups in total. The minimum atomic E-state index is 0.355. The summed E-state index contributed by atoms with van der Waals surface area (Å²) < 4.78 is 2.72. The molecule has 2 heterocycles. The summed E-state index contributed by atoms with van der Waals surface area (Å²) in [5, 5.41) is 3.57. The fraction of sp³-hybridized carbons (Fsp3) is 0.786. The maximum Gasteiger partial charge on any atom is 0.0949 e. The Kier molecular flexibility index (Phi) is 4.73. The maximum absolute atomic E-state index is 4.37. The highest BCUT2D eigenvalue weighted by molar-refractivity contribution is 8.00. The molecule has 3 nitrogen and oxygen atoms in total. The molecular weight excluding hydrogens is 242 g/mol. The lowest BCUT2D eigenvalue weighted by molar-refractivity contribution is 0.444. The highest BCUT2D eigenvalue weighted by Gasteiger charge is 2.28. The molecule has 0 aromatic carbocycles. The maximum atomic E-state index is 4.37. The average molecular weight is 267 g/mol. The third-order valence-corrected chi connectivity index (χ3v) is 5.91. The van der Waals surface area contributed by atoms with E-state index in [4.69, 9.17) is 0 Å². The number of thioether (sulfide) groups is 1. The molecule has 1 atom stereocenters. The molecule has 1 aliphatic rings. The first-order valence-electron chi connectivity index (χ1n) is 7.03. The van der Waals surface area contributed by atoms with Gasteiger partial charge in [-0.3, -0.25) is 0 Å². The zero-order valence-corrected chi connectivity index (χ0v) is 12.6. The molecule has 0 bridgehead atoms. The summed E-state index contributed by atoms with van der Waals surface area (Å²) >= 11 is 2.00. The molecule has 0 radical (unpaired) electrons. The van der Waals surface area contributed by atoms with Gasteiger partial charge in [-0.25, -0.2) is 4.98 Å². The van der Waals surface area contributed by atoms with Gasteiger partial charge < -0.3 is 9.88 Å². The van der Waals surface area contributed by atoms with E-state index in [2.05, 4.69) is 35.0 Å². The van der Waals surface area contributed by atoms with E-state index in [0.717, 1.165) is 13.1 Å². The first kappa shape index (κ1) is 13.9. The molecule has 102 valence electrons. The Labute approximate surface area is 115 Å². The van der Waals surface area contributed by atoms with E-state index in [9.17, 15) is 0 Å². The van der Waals surface area contributed by atoms with Crippen LogP contribution in [0.2, 0.25) is 0 Å². The predicted molar refractivity (Wildman–Crippen MR) is 79.0 cm³/mol. The van der Waals surface area contributed by atoms with Crippen molar-refractivity contribution in [1.82, 2.24) is 14.9 Å². The van der Waals surface area contributed by atoms with Crippen LogP contribution in [0.3, 0.4) is 0 Å². The van der Waals surface area contributed by atoms with Gasteiger partial charge in [-0.15, -0.1) is 0 Å². The highest BCUT2D eigenvalue weighted by atomic mass is 32.2. The quantitative estimate of drug-likeness (QED) is 0.858. The average Bonchev–Trinajstić information content (AvgIpc) is 3.06. The van der Waals surface area contributed by atoms with E-state index < -0.39 is 0 Å². The van der Waals surface area contributed by atoms with Gasteiger partial charge in [0.25, 0.3) is 0 Å². The van der Waals surface area contributed by atoms with Crippen molar-refractivity contribution < 1.29 is 0 Å². The largest absolute Gasteiger partial charge is 0.332 e.